The number of amidine groups is 1. The first-order valence-corrected chi connectivity index (χ1v) is 6.95. The van der Waals surface area contributed by atoms with Crippen molar-refractivity contribution in [3.63, 3.8) is 0 Å². The highest BCUT2D eigenvalue weighted by Gasteiger charge is 2.35. The summed E-state index contributed by atoms with van der Waals surface area (Å²) < 4.78 is 44.0. The van der Waals surface area contributed by atoms with Crippen molar-refractivity contribution in [2.45, 2.75) is 13.1 Å². The predicted molar refractivity (Wildman–Crippen MR) is 72.4 cm³/mol. The van der Waals surface area contributed by atoms with Crippen LogP contribution in [-0.2, 0) is 6.18 Å². The van der Waals surface area contributed by atoms with Gasteiger partial charge in [0.25, 0.3) is 0 Å². The molecule has 0 atom stereocenters. The molecule has 0 unspecified atom stereocenters. The van der Waals surface area contributed by atoms with Gasteiger partial charge in [0.15, 0.2) is 5.84 Å². The molecule has 0 bridgehead atoms. The number of benzene rings is 1. The van der Waals surface area contributed by atoms with Crippen LogP contribution in [0.5, 0.6) is 5.75 Å². The van der Waals surface area contributed by atoms with Crippen molar-refractivity contribution >= 4 is 17.6 Å². The number of hydrogen-bond acceptors (Lipinski definition) is 4. The van der Waals surface area contributed by atoms with Crippen molar-refractivity contribution in [1.29, 1.82) is 0 Å². The lowest BCUT2D eigenvalue weighted by molar-refractivity contribution is -0.138. The van der Waals surface area contributed by atoms with E-state index in [1.807, 2.05) is 6.92 Å². The zero-order valence-corrected chi connectivity index (χ0v) is 11.6. The van der Waals surface area contributed by atoms with Crippen LogP contribution in [0.25, 0.3) is 0 Å². The molecule has 0 radical (unpaired) electrons. The van der Waals surface area contributed by atoms with Crippen LogP contribution in [0.3, 0.4) is 0 Å². The van der Waals surface area contributed by atoms with E-state index in [-0.39, 0.29) is 23.8 Å². The van der Waals surface area contributed by atoms with Crippen LogP contribution in [0, 0.1) is 0 Å². The van der Waals surface area contributed by atoms with Crippen LogP contribution in [0.15, 0.2) is 23.4 Å². The summed E-state index contributed by atoms with van der Waals surface area (Å²) in [5, 5.41) is 11.2. The van der Waals surface area contributed by atoms with Crippen LogP contribution >= 0.6 is 11.8 Å². The zero-order chi connectivity index (χ0) is 15.2. The fourth-order valence-electron chi connectivity index (χ4n) is 1.45. The van der Waals surface area contributed by atoms with E-state index in [2.05, 4.69) is 5.16 Å². The van der Waals surface area contributed by atoms with Crippen molar-refractivity contribution < 1.29 is 23.1 Å². The number of nitrogens with zero attached hydrogens (tertiary/aromatic N) is 1. The fourth-order valence-corrected chi connectivity index (χ4v) is 1.94. The number of hydrogen-bond donors (Lipinski definition) is 2. The van der Waals surface area contributed by atoms with E-state index in [4.69, 9.17) is 15.7 Å². The monoisotopic (exact) mass is 308 g/mol. The SMILES string of the molecule is CCSCCOc1ccc(/C(N)=N/O)cc1C(F)(F)F. The lowest BCUT2D eigenvalue weighted by Crippen LogP contribution is -2.16. The summed E-state index contributed by atoms with van der Waals surface area (Å²) in [6.07, 6.45) is -4.57. The van der Waals surface area contributed by atoms with E-state index < -0.39 is 11.7 Å². The number of nitrogens with two attached hydrogens (primary N) is 1. The molecule has 0 aliphatic rings. The third kappa shape index (κ3) is 4.52. The van der Waals surface area contributed by atoms with Crippen molar-refractivity contribution in [2.24, 2.45) is 10.9 Å². The highest BCUT2D eigenvalue weighted by molar-refractivity contribution is 7.99. The summed E-state index contributed by atoms with van der Waals surface area (Å²) in [5.74, 6) is 0.834. The van der Waals surface area contributed by atoms with Crippen LogP contribution in [0.4, 0.5) is 13.2 Å². The van der Waals surface area contributed by atoms with Gasteiger partial charge in [0, 0.05) is 11.3 Å². The third-order valence-corrected chi connectivity index (χ3v) is 3.24. The molecular weight excluding hydrogens is 293 g/mol. The standard InChI is InChI=1S/C12H15F3N2O2S/c1-2-20-6-5-19-10-4-3-8(11(16)17-18)7-9(10)12(13,14)15/h3-4,7,18H,2,5-6H2,1H3,(H2,16,17). The van der Waals surface area contributed by atoms with Gasteiger partial charge >= 0.3 is 6.18 Å². The molecule has 0 amide bonds. The van der Waals surface area contributed by atoms with Gasteiger partial charge in [0.2, 0.25) is 0 Å². The molecule has 1 aromatic carbocycles. The van der Waals surface area contributed by atoms with Crippen LogP contribution < -0.4 is 10.5 Å². The first-order chi connectivity index (χ1) is 9.40. The van der Waals surface area contributed by atoms with Crippen molar-refractivity contribution in [3.8, 4) is 5.75 Å². The van der Waals surface area contributed by atoms with E-state index in [9.17, 15) is 13.2 Å². The molecule has 0 aromatic heterocycles. The van der Waals surface area contributed by atoms with E-state index in [1.165, 1.54) is 12.1 Å². The quantitative estimate of drug-likeness (QED) is 0.279. The Balaban J connectivity index is 2.99. The van der Waals surface area contributed by atoms with Crippen LogP contribution in [0.1, 0.15) is 18.1 Å². The Hall–Kier alpha value is -1.57. The van der Waals surface area contributed by atoms with E-state index in [0.29, 0.717) is 5.75 Å². The highest BCUT2D eigenvalue weighted by atomic mass is 32.2. The average Bonchev–Trinajstić information content (AvgIpc) is 2.41. The Bertz CT molecular complexity index is 478. The number of ether oxygens (including phenoxy) is 1. The van der Waals surface area contributed by atoms with Gasteiger partial charge in [-0.15, -0.1) is 0 Å². The Morgan fingerprint density at radius 1 is 1.45 bits per heavy atom. The normalized spacial score (nSPS) is 12.5. The molecule has 0 aliphatic carbocycles. The molecule has 3 N–H and O–H groups in total. The largest absolute Gasteiger partial charge is 0.492 e. The lowest BCUT2D eigenvalue weighted by atomic mass is 10.1. The summed E-state index contributed by atoms with van der Waals surface area (Å²) >= 11 is 1.57. The summed E-state index contributed by atoms with van der Waals surface area (Å²) in [5.41, 5.74) is 4.32. The predicted octanol–water partition coefficient (Wildman–Crippen LogP) is 2.93. The molecule has 1 aromatic rings. The zero-order valence-electron chi connectivity index (χ0n) is 10.8. The number of alkyl halides is 3. The number of halogens is 3. The molecule has 8 heteroatoms. The maximum atomic E-state index is 12.9. The van der Waals surface area contributed by atoms with Gasteiger partial charge in [-0.2, -0.15) is 24.9 Å². The maximum absolute atomic E-state index is 12.9. The summed E-state index contributed by atoms with van der Waals surface area (Å²) in [6, 6.07) is 3.29. The maximum Gasteiger partial charge on any atom is 0.419 e. The minimum Gasteiger partial charge on any atom is -0.492 e. The number of thioether (sulfide) groups is 1. The third-order valence-electron chi connectivity index (χ3n) is 2.38. The number of oxime groups is 1. The van der Waals surface area contributed by atoms with Gasteiger partial charge < -0.3 is 15.7 Å². The van der Waals surface area contributed by atoms with Crippen LogP contribution in [-0.4, -0.2) is 29.2 Å². The van der Waals surface area contributed by atoms with Gasteiger partial charge in [-0.05, 0) is 24.0 Å². The molecule has 20 heavy (non-hydrogen) atoms. The second-order valence-corrected chi connectivity index (χ2v) is 5.13. The molecule has 0 saturated heterocycles. The van der Waals surface area contributed by atoms with Gasteiger partial charge in [-0.25, -0.2) is 0 Å². The molecule has 112 valence electrons. The Kier molecular flexibility index (Phi) is 6.00. The van der Waals surface area contributed by atoms with Crippen LogP contribution in [0.2, 0.25) is 0 Å². The summed E-state index contributed by atoms with van der Waals surface area (Å²) in [7, 11) is 0. The topological polar surface area (TPSA) is 67.8 Å². The van der Waals surface area contributed by atoms with Crippen molar-refractivity contribution in [3.05, 3.63) is 29.3 Å². The van der Waals surface area contributed by atoms with Crippen molar-refractivity contribution in [2.75, 3.05) is 18.1 Å². The van der Waals surface area contributed by atoms with Gasteiger partial charge in [-0.1, -0.05) is 12.1 Å². The Morgan fingerprint density at radius 2 is 2.15 bits per heavy atom. The summed E-state index contributed by atoms with van der Waals surface area (Å²) in [4.78, 5) is 0. The summed E-state index contributed by atoms with van der Waals surface area (Å²) in [6.45, 7) is 2.14. The fraction of sp³-hybridized carbons (Fsp3) is 0.417. The first-order valence-electron chi connectivity index (χ1n) is 5.79. The molecular formula is C12H15F3N2O2S. The highest BCUT2D eigenvalue weighted by Crippen LogP contribution is 2.36. The molecule has 4 nitrogen and oxygen atoms in total. The second-order valence-electron chi connectivity index (χ2n) is 3.74. The van der Waals surface area contributed by atoms with Gasteiger partial charge in [0.1, 0.15) is 5.75 Å². The molecule has 0 spiro atoms. The Morgan fingerprint density at radius 3 is 2.70 bits per heavy atom. The molecule has 0 fully saturated rings. The van der Waals surface area contributed by atoms with E-state index in [1.54, 1.807) is 11.8 Å². The average molecular weight is 308 g/mol. The number of rotatable bonds is 6. The smallest absolute Gasteiger partial charge is 0.419 e. The van der Waals surface area contributed by atoms with Gasteiger partial charge in [-0.3, -0.25) is 0 Å². The van der Waals surface area contributed by atoms with E-state index in [0.717, 1.165) is 11.8 Å². The second kappa shape index (κ2) is 7.28. The van der Waals surface area contributed by atoms with Gasteiger partial charge in [0.05, 0.1) is 12.2 Å². The minimum atomic E-state index is -4.57. The molecule has 1 rings (SSSR count). The van der Waals surface area contributed by atoms with E-state index >= 15 is 0 Å². The molecule has 0 aliphatic heterocycles. The first kappa shape index (κ1) is 16.5. The molecule has 0 heterocycles. The van der Waals surface area contributed by atoms with Crippen molar-refractivity contribution in [1.82, 2.24) is 0 Å². The Labute approximate surface area is 118 Å². The minimum absolute atomic E-state index is 0.0184. The lowest BCUT2D eigenvalue weighted by Gasteiger charge is -2.15. The molecule has 0 saturated carbocycles.